The lowest BCUT2D eigenvalue weighted by atomic mass is 10.9. The molecular formula is C4H7BrO3. The molecule has 0 rings (SSSR count). The summed E-state index contributed by atoms with van der Waals surface area (Å²) in [7, 11) is 1.27. The average molecular weight is 183 g/mol. The topological polar surface area (TPSA) is 35.5 Å². The van der Waals surface area contributed by atoms with Gasteiger partial charge < -0.3 is 9.47 Å². The van der Waals surface area contributed by atoms with Gasteiger partial charge in [0.15, 0.2) is 0 Å². The average Bonchev–Trinajstić information content (AvgIpc) is 1.83. The van der Waals surface area contributed by atoms with Crippen molar-refractivity contribution in [1.29, 1.82) is 0 Å². The lowest BCUT2D eigenvalue weighted by Crippen LogP contribution is -2.05. The third kappa shape index (κ3) is 3.92. The van der Waals surface area contributed by atoms with Crippen LogP contribution in [0.25, 0.3) is 0 Å². The first-order valence-electron chi connectivity index (χ1n) is 2.08. The molecule has 0 aromatic rings. The molecule has 0 bridgehead atoms. The zero-order valence-corrected chi connectivity index (χ0v) is 6.10. The molecule has 4 heteroatoms. The van der Waals surface area contributed by atoms with Crippen molar-refractivity contribution in [3.63, 3.8) is 0 Å². The summed E-state index contributed by atoms with van der Waals surface area (Å²) in [5.41, 5.74) is 0. The number of carbonyl (C=O) groups is 1. The second-order valence-corrected chi connectivity index (χ2v) is 1.78. The minimum atomic E-state index is -0.635. The summed E-state index contributed by atoms with van der Waals surface area (Å²) < 4.78 is 8.60. The lowest BCUT2D eigenvalue weighted by Gasteiger charge is -1.97. The van der Waals surface area contributed by atoms with Crippen LogP contribution in [-0.2, 0) is 9.47 Å². The molecule has 0 heterocycles. The molecule has 48 valence electrons. The fourth-order valence-corrected chi connectivity index (χ4v) is 0.343. The largest absolute Gasteiger partial charge is 0.508 e. The molecule has 3 nitrogen and oxygen atoms in total. The fourth-order valence-electron chi connectivity index (χ4n) is 0.181. The van der Waals surface area contributed by atoms with E-state index >= 15 is 0 Å². The van der Waals surface area contributed by atoms with Gasteiger partial charge in [0, 0.05) is 5.33 Å². The third-order valence-electron chi connectivity index (χ3n) is 0.464. The number of halogens is 1. The molecule has 0 spiro atoms. The molecule has 0 saturated heterocycles. The molecule has 0 fully saturated rings. The van der Waals surface area contributed by atoms with Crippen LogP contribution in [0.3, 0.4) is 0 Å². The number of carbonyl (C=O) groups excluding carboxylic acids is 1. The molecule has 0 unspecified atom stereocenters. The second kappa shape index (κ2) is 4.90. The molecule has 0 aliphatic heterocycles. The highest BCUT2D eigenvalue weighted by Crippen LogP contribution is 1.84. The Labute approximate surface area is 56.1 Å². The summed E-state index contributed by atoms with van der Waals surface area (Å²) in [6.07, 6.45) is -0.635. The van der Waals surface area contributed by atoms with Crippen molar-refractivity contribution in [2.75, 3.05) is 19.0 Å². The molecule has 0 aromatic heterocycles. The van der Waals surface area contributed by atoms with Crippen molar-refractivity contribution in [2.45, 2.75) is 0 Å². The van der Waals surface area contributed by atoms with E-state index in [0.717, 1.165) is 0 Å². The maximum Gasteiger partial charge on any atom is 0.508 e. The third-order valence-corrected chi connectivity index (χ3v) is 0.787. The van der Waals surface area contributed by atoms with Crippen molar-refractivity contribution in [3.05, 3.63) is 0 Å². The summed E-state index contributed by atoms with van der Waals surface area (Å²) in [6, 6.07) is 0. The maximum atomic E-state index is 10.1. The smallest absolute Gasteiger partial charge is 0.438 e. The first-order valence-corrected chi connectivity index (χ1v) is 3.20. The summed E-state index contributed by atoms with van der Waals surface area (Å²) in [4.78, 5) is 10.1. The molecule has 0 aliphatic rings. The number of methoxy groups -OCH3 is 1. The van der Waals surface area contributed by atoms with Crippen LogP contribution in [0.2, 0.25) is 0 Å². The predicted octanol–water partition coefficient (Wildman–Crippen LogP) is 1.16. The normalized spacial score (nSPS) is 8.25. The van der Waals surface area contributed by atoms with Crippen LogP contribution in [0.1, 0.15) is 0 Å². The summed E-state index contributed by atoms with van der Waals surface area (Å²) in [6.45, 7) is 0.354. The SMILES string of the molecule is COC(=O)OCCBr. The van der Waals surface area contributed by atoms with E-state index in [-0.39, 0.29) is 0 Å². The Hall–Kier alpha value is -0.250. The monoisotopic (exact) mass is 182 g/mol. The van der Waals surface area contributed by atoms with Crippen LogP contribution >= 0.6 is 15.9 Å². The molecule has 0 saturated carbocycles. The Balaban J connectivity index is 2.99. The molecule has 0 radical (unpaired) electrons. The van der Waals surface area contributed by atoms with E-state index in [1.807, 2.05) is 0 Å². The number of hydrogen-bond acceptors (Lipinski definition) is 3. The number of rotatable bonds is 2. The number of alkyl halides is 1. The highest BCUT2D eigenvalue weighted by atomic mass is 79.9. The Morgan fingerprint density at radius 3 is 2.75 bits per heavy atom. The van der Waals surface area contributed by atoms with Gasteiger partial charge >= 0.3 is 6.16 Å². The molecule has 0 amide bonds. The van der Waals surface area contributed by atoms with E-state index in [2.05, 4.69) is 25.4 Å². The van der Waals surface area contributed by atoms with Gasteiger partial charge in [-0.15, -0.1) is 0 Å². The lowest BCUT2D eigenvalue weighted by molar-refractivity contribution is 0.0781. The van der Waals surface area contributed by atoms with Gasteiger partial charge in [-0.05, 0) is 0 Å². The van der Waals surface area contributed by atoms with Crippen molar-refractivity contribution < 1.29 is 14.3 Å². The van der Waals surface area contributed by atoms with Crippen molar-refractivity contribution in [1.82, 2.24) is 0 Å². The van der Waals surface area contributed by atoms with Gasteiger partial charge in [0.25, 0.3) is 0 Å². The highest BCUT2D eigenvalue weighted by molar-refractivity contribution is 9.09. The zero-order chi connectivity index (χ0) is 6.41. The van der Waals surface area contributed by atoms with Gasteiger partial charge in [0.1, 0.15) is 6.61 Å². The minimum absolute atomic E-state index is 0.354. The van der Waals surface area contributed by atoms with Gasteiger partial charge in [-0.25, -0.2) is 4.79 Å². The van der Waals surface area contributed by atoms with E-state index in [4.69, 9.17) is 0 Å². The predicted molar refractivity (Wildman–Crippen MR) is 32.2 cm³/mol. The number of hydrogen-bond donors (Lipinski definition) is 0. The van der Waals surface area contributed by atoms with Gasteiger partial charge in [-0.2, -0.15) is 0 Å². The van der Waals surface area contributed by atoms with Gasteiger partial charge in [-0.3, -0.25) is 0 Å². The van der Waals surface area contributed by atoms with Gasteiger partial charge in [0.05, 0.1) is 7.11 Å². The summed E-state index contributed by atoms with van der Waals surface area (Å²) >= 11 is 3.07. The van der Waals surface area contributed by atoms with Crippen molar-refractivity contribution in [3.8, 4) is 0 Å². The van der Waals surface area contributed by atoms with Crippen LogP contribution in [0.4, 0.5) is 4.79 Å². The molecule has 0 aromatic carbocycles. The van der Waals surface area contributed by atoms with Crippen molar-refractivity contribution in [2.24, 2.45) is 0 Å². The van der Waals surface area contributed by atoms with Gasteiger partial charge in [0.2, 0.25) is 0 Å². The van der Waals surface area contributed by atoms with Crippen LogP contribution in [0, 0.1) is 0 Å². The van der Waals surface area contributed by atoms with Crippen LogP contribution in [-0.4, -0.2) is 25.2 Å². The van der Waals surface area contributed by atoms with Crippen molar-refractivity contribution >= 4 is 22.1 Å². The fraction of sp³-hybridized carbons (Fsp3) is 0.750. The molecule has 0 atom stereocenters. The van der Waals surface area contributed by atoms with E-state index in [9.17, 15) is 4.79 Å². The Kier molecular flexibility index (Phi) is 4.75. The van der Waals surface area contributed by atoms with Crippen LogP contribution in [0.15, 0.2) is 0 Å². The first-order chi connectivity index (χ1) is 3.81. The Bertz CT molecular complexity index is 73.7. The van der Waals surface area contributed by atoms with E-state index in [1.165, 1.54) is 7.11 Å². The van der Waals surface area contributed by atoms with Crippen LogP contribution in [0.5, 0.6) is 0 Å². The zero-order valence-electron chi connectivity index (χ0n) is 4.52. The number of ether oxygens (including phenoxy) is 2. The Morgan fingerprint density at radius 2 is 2.38 bits per heavy atom. The molecular weight excluding hydrogens is 176 g/mol. The van der Waals surface area contributed by atoms with E-state index in [0.29, 0.717) is 11.9 Å². The molecule has 0 N–H and O–H groups in total. The standard InChI is InChI=1S/C4H7BrO3/c1-7-4(6)8-3-2-5/h2-3H2,1H3. The second-order valence-electron chi connectivity index (χ2n) is 0.992. The molecule has 8 heavy (non-hydrogen) atoms. The first kappa shape index (κ1) is 7.75. The summed E-state index contributed by atoms with van der Waals surface area (Å²) in [5, 5.41) is 0.641. The molecule has 0 aliphatic carbocycles. The van der Waals surface area contributed by atoms with Gasteiger partial charge in [-0.1, -0.05) is 15.9 Å². The Morgan fingerprint density at radius 1 is 1.75 bits per heavy atom. The van der Waals surface area contributed by atoms with Crippen LogP contribution < -0.4 is 0 Å². The summed E-state index contributed by atoms with van der Waals surface area (Å²) in [5.74, 6) is 0. The van der Waals surface area contributed by atoms with E-state index in [1.54, 1.807) is 0 Å². The highest BCUT2D eigenvalue weighted by Gasteiger charge is 1.95. The van der Waals surface area contributed by atoms with E-state index < -0.39 is 6.16 Å². The minimum Gasteiger partial charge on any atom is -0.438 e. The quantitative estimate of drug-likeness (QED) is 0.476. The maximum absolute atomic E-state index is 10.1.